The van der Waals surface area contributed by atoms with Gasteiger partial charge in [-0.2, -0.15) is 0 Å². The summed E-state index contributed by atoms with van der Waals surface area (Å²) in [7, 11) is -3.50. The second-order valence-corrected chi connectivity index (χ2v) is 9.24. The van der Waals surface area contributed by atoms with Crippen LogP contribution in [0.2, 0.25) is 0 Å². The standard InChI is InChI=1S/C22H26N2O5S/c1-3-29-22(26)24-13-11-23(12-14-24)21(25)19-6-4-5-18(15-19)16-30(27,28)20-9-7-17(2)8-10-20/h4-10,15H,3,11-14,16H2,1-2H3. The predicted molar refractivity (Wildman–Crippen MR) is 113 cm³/mol. The summed E-state index contributed by atoms with van der Waals surface area (Å²) in [5.74, 6) is -0.346. The lowest BCUT2D eigenvalue weighted by molar-refractivity contribution is 0.0570. The van der Waals surface area contributed by atoms with Crippen LogP contribution in [0.5, 0.6) is 0 Å². The van der Waals surface area contributed by atoms with E-state index in [0.29, 0.717) is 43.9 Å². The van der Waals surface area contributed by atoms with Gasteiger partial charge in [0.2, 0.25) is 0 Å². The van der Waals surface area contributed by atoms with Crippen LogP contribution >= 0.6 is 0 Å². The van der Waals surface area contributed by atoms with E-state index in [2.05, 4.69) is 0 Å². The number of carbonyl (C=O) groups is 2. The van der Waals surface area contributed by atoms with Gasteiger partial charge in [-0.15, -0.1) is 0 Å². The molecule has 0 N–H and O–H groups in total. The van der Waals surface area contributed by atoms with Crippen molar-refractivity contribution in [2.45, 2.75) is 24.5 Å². The third-order valence-electron chi connectivity index (χ3n) is 5.00. The Hall–Kier alpha value is -2.87. The third kappa shape index (κ3) is 5.18. The largest absolute Gasteiger partial charge is 0.450 e. The monoisotopic (exact) mass is 430 g/mol. The first-order valence-electron chi connectivity index (χ1n) is 9.89. The maximum atomic E-state index is 12.9. The highest BCUT2D eigenvalue weighted by atomic mass is 32.2. The number of ether oxygens (including phenoxy) is 1. The van der Waals surface area contributed by atoms with E-state index in [9.17, 15) is 18.0 Å². The molecule has 1 aliphatic rings. The molecule has 0 aromatic heterocycles. The smallest absolute Gasteiger partial charge is 0.409 e. The van der Waals surface area contributed by atoms with Crippen molar-refractivity contribution in [3.8, 4) is 0 Å². The molecule has 1 saturated heterocycles. The summed E-state index contributed by atoms with van der Waals surface area (Å²) in [6.07, 6.45) is -0.368. The molecule has 2 aromatic rings. The zero-order valence-corrected chi connectivity index (χ0v) is 18.0. The highest BCUT2D eigenvalue weighted by Gasteiger charge is 2.26. The van der Waals surface area contributed by atoms with Gasteiger partial charge in [-0.3, -0.25) is 4.79 Å². The molecule has 0 bridgehead atoms. The van der Waals surface area contributed by atoms with Crippen molar-refractivity contribution in [3.63, 3.8) is 0 Å². The van der Waals surface area contributed by atoms with Crippen LogP contribution < -0.4 is 0 Å². The number of amides is 2. The van der Waals surface area contributed by atoms with E-state index >= 15 is 0 Å². The minimum Gasteiger partial charge on any atom is -0.450 e. The van der Waals surface area contributed by atoms with Crippen LogP contribution in [0.15, 0.2) is 53.4 Å². The molecule has 30 heavy (non-hydrogen) atoms. The predicted octanol–water partition coefficient (Wildman–Crippen LogP) is 2.88. The van der Waals surface area contributed by atoms with Crippen LogP contribution in [-0.4, -0.2) is 63.0 Å². The van der Waals surface area contributed by atoms with Crippen LogP contribution in [0, 0.1) is 6.92 Å². The van der Waals surface area contributed by atoms with Crippen LogP contribution in [0.4, 0.5) is 4.79 Å². The van der Waals surface area contributed by atoms with E-state index in [1.807, 2.05) is 6.92 Å². The lowest BCUT2D eigenvalue weighted by atomic mass is 10.1. The number of hydrogen-bond acceptors (Lipinski definition) is 5. The zero-order valence-electron chi connectivity index (χ0n) is 17.2. The lowest BCUT2D eigenvalue weighted by Gasteiger charge is -2.34. The Labute approximate surface area is 177 Å². The fraction of sp³-hybridized carbons (Fsp3) is 0.364. The van der Waals surface area contributed by atoms with Gasteiger partial charge in [0.1, 0.15) is 0 Å². The number of sulfone groups is 1. The Kier molecular flexibility index (Phi) is 6.77. The Morgan fingerprint density at radius 3 is 2.23 bits per heavy atom. The van der Waals surface area contributed by atoms with Crippen LogP contribution in [0.1, 0.15) is 28.4 Å². The molecule has 0 spiro atoms. The summed E-state index contributed by atoms with van der Waals surface area (Å²) < 4.78 is 30.4. The van der Waals surface area contributed by atoms with Gasteiger partial charge in [-0.05, 0) is 43.7 Å². The lowest BCUT2D eigenvalue weighted by Crippen LogP contribution is -2.50. The Bertz CT molecular complexity index is 1010. The fourth-order valence-corrected chi connectivity index (χ4v) is 4.67. The molecule has 7 nitrogen and oxygen atoms in total. The fourth-order valence-electron chi connectivity index (χ4n) is 3.33. The number of hydrogen-bond donors (Lipinski definition) is 0. The molecule has 0 radical (unpaired) electrons. The highest BCUT2D eigenvalue weighted by Crippen LogP contribution is 2.19. The number of carbonyl (C=O) groups excluding carboxylic acids is 2. The zero-order chi connectivity index (χ0) is 21.7. The van der Waals surface area contributed by atoms with Gasteiger partial charge in [0, 0.05) is 31.7 Å². The average molecular weight is 431 g/mol. The molecule has 2 aromatic carbocycles. The molecule has 1 heterocycles. The van der Waals surface area contributed by atoms with Gasteiger partial charge < -0.3 is 14.5 Å². The summed E-state index contributed by atoms with van der Waals surface area (Å²) in [6, 6.07) is 13.5. The Morgan fingerprint density at radius 2 is 1.60 bits per heavy atom. The average Bonchev–Trinajstić information content (AvgIpc) is 2.74. The molecule has 1 aliphatic heterocycles. The second kappa shape index (κ2) is 9.30. The van der Waals surface area contributed by atoms with Crippen molar-refractivity contribution in [2.24, 2.45) is 0 Å². The van der Waals surface area contributed by atoms with Crippen LogP contribution in [-0.2, 0) is 20.3 Å². The van der Waals surface area contributed by atoms with Gasteiger partial charge in [0.05, 0.1) is 17.3 Å². The molecule has 3 rings (SSSR count). The molecule has 0 saturated carbocycles. The summed E-state index contributed by atoms with van der Waals surface area (Å²) in [5, 5.41) is 0. The minimum atomic E-state index is -3.50. The van der Waals surface area contributed by atoms with Crippen LogP contribution in [0.3, 0.4) is 0 Å². The molecule has 160 valence electrons. The van der Waals surface area contributed by atoms with E-state index in [0.717, 1.165) is 5.56 Å². The number of benzene rings is 2. The SMILES string of the molecule is CCOC(=O)N1CCN(C(=O)c2cccc(CS(=O)(=O)c3ccc(C)cc3)c2)CC1. The molecular weight excluding hydrogens is 404 g/mol. The van der Waals surface area contributed by atoms with Gasteiger partial charge in [-0.25, -0.2) is 13.2 Å². The molecule has 0 atom stereocenters. The van der Waals surface area contributed by atoms with E-state index in [-0.39, 0.29) is 22.6 Å². The second-order valence-electron chi connectivity index (χ2n) is 7.25. The maximum absolute atomic E-state index is 12.9. The maximum Gasteiger partial charge on any atom is 0.409 e. The van der Waals surface area contributed by atoms with Crippen molar-refractivity contribution in [3.05, 3.63) is 65.2 Å². The topological polar surface area (TPSA) is 84.0 Å². The van der Waals surface area contributed by atoms with Gasteiger partial charge in [-0.1, -0.05) is 29.8 Å². The first kappa shape index (κ1) is 21.8. The van der Waals surface area contributed by atoms with Gasteiger partial charge in [0.25, 0.3) is 5.91 Å². The molecule has 0 aliphatic carbocycles. The molecular formula is C22H26N2O5S. The summed E-state index contributed by atoms with van der Waals surface area (Å²) in [5.41, 5.74) is 1.99. The number of aryl methyl sites for hydroxylation is 1. The first-order chi connectivity index (χ1) is 14.3. The normalized spacial score (nSPS) is 14.5. The quantitative estimate of drug-likeness (QED) is 0.728. The number of nitrogens with zero attached hydrogens (tertiary/aromatic N) is 2. The minimum absolute atomic E-state index is 0.173. The summed E-state index contributed by atoms with van der Waals surface area (Å²) in [6.45, 7) is 5.60. The third-order valence-corrected chi connectivity index (χ3v) is 6.71. The van der Waals surface area contributed by atoms with Crippen molar-refractivity contribution in [1.29, 1.82) is 0 Å². The van der Waals surface area contributed by atoms with Crippen molar-refractivity contribution < 1.29 is 22.7 Å². The Morgan fingerprint density at radius 1 is 0.967 bits per heavy atom. The van der Waals surface area contributed by atoms with E-state index < -0.39 is 9.84 Å². The van der Waals surface area contributed by atoms with Crippen molar-refractivity contribution in [2.75, 3.05) is 32.8 Å². The van der Waals surface area contributed by atoms with Crippen molar-refractivity contribution in [1.82, 2.24) is 9.80 Å². The number of rotatable bonds is 5. The first-order valence-corrected chi connectivity index (χ1v) is 11.5. The number of piperazine rings is 1. The molecule has 0 unspecified atom stereocenters. The highest BCUT2D eigenvalue weighted by molar-refractivity contribution is 7.90. The van der Waals surface area contributed by atoms with E-state index in [4.69, 9.17) is 4.74 Å². The molecule has 2 amide bonds. The van der Waals surface area contributed by atoms with E-state index in [1.54, 1.807) is 65.3 Å². The van der Waals surface area contributed by atoms with E-state index in [1.165, 1.54) is 0 Å². The van der Waals surface area contributed by atoms with Gasteiger partial charge in [0.15, 0.2) is 9.84 Å². The summed E-state index contributed by atoms with van der Waals surface area (Å²) >= 11 is 0. The summed E-state index contributed by atoms with van der Waals surface area (Å²) in [4.78, 5) is 28.2. The van der Waals surface area contributed by atoms with Crippen molar-refractivity contribution >= 4 is 21.8 Å². The molecule has 8 heteroatoms. The Balaban J connectivity index is 1.67. The van der Waals surface area contributed by atoms with Gasteiger partial charge >= 0.3 is 6.09 Å². The molecule has 1 fully saturated rings. The van der Waals surface area contributed by atoms with Crippen LogP contribution in [0.25, 0.3) is 0 Å².